The van der Waals surface area contributed by atoms with E-state index in [1.54, 1.807) is 0 Å². The summed E-state index contributed by atoms with van der Waals surface area (Å²) < 4.78 is 11.3. The molecule has 1 aromatic carbocycles. The van der Waals surface area contributed by atoms with E-state index in [2.05, 4.69) is 19.2 Å². The first-order chi connectivity index (χ1) is 10.9. The Morgan fingerprint density at radius 3 is 2.65 bits per heavy atom. The molecule has 4 nitrogen and oxygen atoms in total. The van der Waals surface area contributed by atoms with Crippen LogP contribution >= 0.6 is 0 Å². The van der Waals surface area contributed by atoms with Gasteiger partial charge >= 0.3 is 0 Å². The van der Waals surface area contributed by atoms with Crippen LogP contribution in [0.2, 0.25) is 0 Å². The lowest BCUT2D eigenvalue weighted by Crippen LogP contribution is -2.32. The molecule has 0 spiro atoms. The van der Waals surface area contributed by atoms with Crippen LogP contribution in [0.15, 0.2) is 22.6 Å². The molecule has 0 aliphatic heterocycles. The fourth-order valence-electron chi connectivity index (χ4n) is 2.62. The Morgan fingerprint density at radius 2 is 2.00 bits per heavy atom. The quantitative estimate of drug-likeness (QED) is 0.805. The predicted octanol–water partition coefficient (Wildman–Crippen LogP) is 4.69. The van der Waals surface area contributed by atoms with Crippen molar-refractivity contribution in [2.75, 3.05) is 6.61 Å². The average Bonchev–Trinajstić information content (AvgIpc) is 2.83. The summed E-state index contributed by atoms with van der Waals surface area (Å²) in [5, 5.41) is 3.96. The van der Waals surface area contributed by atoms with E-state index in [1.807, 2.05) is 39.0 Å². The number of furan rings is 1. The third kappa shape index (κ3) is 4.27. The number of aryl methyl sites for hydroxylation is 1. The van der Waals surface area contributed by atoms with E-state index >= 15 is 0 Å². The summed E-state index contributed by atoms with van der Waals surface area (Å²) in [6.45, 7) is 10.9. The van der Waals surface area contributed by atoms with Gasteiger partial charge in [-0.15, -0.1) is 0 Å². The van der Waals surface area contributed by atoms with Crippen LogP contribution in [0.1, 0.15) is 56.7 Å². The van der Waals surface area contributed by atoms with E-state index in [0.29, 0.717) is 23.9 Å². The zero-order valence-corrected chi connectivity index (χ0v) is 14.7. The number of fused-ring (bicyclic) bond motifs is 1. The van der Waals surface area contributed by atoms with Gasteiger partial charge in [0.1, 0.15) is 11.3 Å². The van der Waals surface area contributed by atoms with E-state index in [-0.39, 0.29) is 11.9 Å². The van der Waals surface area contributed by atoms with Crippen LogP contribution in [0.25, 0.3) is 11.0 Å². The van der Waals surface area contributed by atoms with Gasteiger partial charge in [-0.2, -0.15) is 0 Å². The smallest absolute Gasteiger partial charge is 0.287 e. The van der Waals surface area contributed by atoms with Crippen molar-refractivity contribution in [3.05, 3.63) is 29.5 Å². The minimum absolute atomic E-state index is 0.136. The molecule has 1 heterocycles. The Bertz CT molecular complexity index is 673. The van der Waals surface area contributed by atoms with E-state index in [1.165, 1.54) is 0 Å². The maximum absolute atomic E-state index is 12.5. The van der Waals surface area contributed by atoms with E-state index in [0.717, 1.165) is 29.5 Å². The highest BCUT2D eigenvalue weighted by Crippen LogP contribution is 2.29. The van der Waals surface area contributed by atoms with Gasteiger partial charge in [-0.1, -0.05) is 13.8 Å². The minimum atomic E-state index is -0.145. The lowest BCUT2D eigenvalue weighted by molar-refractivity contribution is 0.0910. The molecule has 0 bridgehead atoms. The fraction of sp³-hybridized carbons (Fsp3) is 0.526. The maximum Gasteiger partial charge on any atom is 0.287 e. The second-order valence-corrected chi connectivity index (χ2v) is 6.49. The second-order valence-electron chi connectivity index (χ2n) is 6.49. The zero-order chi connectivity index (χ0) is 17.0. The average molecular weight is 317 g/mol. The normalized spacial score (nSPS) is 12.6. The molecule has 2 rings (SSSR count). The van der Waals surface area contributed by atoms with Crippen molar-refractivity contribution < 1.29 is 13.9 Å². The van der Waals surface area contributed by atoms with Gasteiger partial charge in [0.15, 0.2) is 5.76 Å². The van der Waals surface area contributed by atoms with Gasteiger partial charge in [0.25, 0.3) is 5.91 Å². The van der Waals surface area contributed by atoms with Gasteiger partial charge in [0, 0.05) is 17.0 Å². The summed E-state index contributed by atoms with van der Waals surface area (Å²) >= 11 is 0. The molecule has 2 aromatic rings. The lowest BCUT2D eigenvalue weighted by atomic mass is 10.0. The second kappa shape index (κ2) is 7.53. The van der Waals surface area contributed by atoms with Crippen molar-refractivity contribution in [1.82, 2.24) is 5.32 Å². The molecule has 23 heavy (non-hydrogen) atoms. The third-order valence-corrected chi connectivity index (χ3v) is 3.98. The molecule has 1 atom stereocenters. The number of benzene rings is 1. The minimum Gasteiger partial charge on any atom is -0.494 e. The maximum atomic E-state index is 12.5. The zero-order valence-electron chi connectivity index (χ0n) is 14.7. The van der Waals surface area contributed by atoms with Crippen molar-refractivity contribution in [2.24, 2.45) is 5.92 Å². The van der Waals surface area contributed by atoms with Gasteiger partial charge in [-0.05, 0) is 57.7 Å². The molecule has 0 saturated carbocycles. The molecule has 0 saturated heterocycles. The largest absolute Gasteiger partial charge is 0.494 e. The Balaban J connectivity index is 2.15. The molecule has 4 heteroatoms. The highest BCUT2D eigenvalue weighted by Gasteiger charge is 2.19. The van der Waals surface area contributed by atoms with Crippen molar-refractivity contribution in [3.63, 3.8) is 0 Å². The van der Waals surface area contributed by atoms with Crippen LogP contribution in [-0.4, -0.2) is 18.6 Å². The highest BCUT2D eigenvalue weighted by atomic mass is 16.5. The number of carbonyl (C=O) groups excluding carboxylic acids is 1. The topological polar surface area (TPSA) is 51.5 Å². The SMILES string of the molecule is CCOc1ccc2oc(C(=O)NC(C)CCC(C)C)c(C)c2c1. The molecule has 0 fully saturated rings. The Hall–Kier alpha value is -1.97. The summed E-state index contributed by atoms with van der Waals surface area (Å²) in [6.07, 6.45) is 2.06. The summed E-state index contributed by atoms with van der Waals surface area (Å²) in [5.41, 5.74) is 1.57. The van der Waals surface area contributed by atoms with Crippen LogP contribution in [0.4, 0.5) is 0 Å². The molecule has 0 aliphatic carbocycles. The fourth-order valence-corrected chi connectivity index (χ4v) is 2.62. The Kier molecular flexibility index (Phi) is 5.69. The summed E-state index contributed by atoms with van der Waals surface area (Å²) in [5.74, 6) is 1.68. The number of nitrogens with one attached hydrogen (secondary N) is 1. The van der Waals surface area contributed by atoms with Crippen LogP contribution in [-0.2, 0) is 0 Å². The van der Waals surface area contributed by atoms with Gasteiger partial charge in [0.2, 0.25) is 0 Å². The number of ether oxygens (including phenoxy) is 1. The lowest BCUT2D eigenvalue weighted by Gasteiger charge is -2.14. The summed E-state index contributed by atoms with van der Waals surface area (Å²) in [7, 11) is 0. The van der Waals surface area contributed by atoms with Crippen molar-refractivity contribution in [3.8, 4) is 5.75 Å². The number of hydrogen-bond donors (Lipinski definition) is 1. The first-order valence-corrected chi connectivity index (χ1v) is 8.39. The van der Waals surface area contributed by atoms with Crippen LogP contribution in [0, 0.1) is 12.8 Å². The van der Waals surface area contributed by atoms with E-state index in [9.17, 15) is 4.79 Å². The third-order valence-electron chi connectivity index (χ3n) is 3.98. The van der Waals surface area contributed by atoms with Gasteiger partial charge in [-0.3, -0.25) is 4.79 Å². The standard InChI is InChI=1S/C19H27NO3/c1-6-22-15-9-10-17-16(11-15)14(5)18(23-17)19(21)20-13(4)8-7-12(2)3/h9-13H,6-8H2,1-5H3,(H,20,21). The first-order valence-electron chi connectivity index (χ1n) is 8.39. The molecule has 1 unspecified atom stereocenters. The molecular weight excluding hydrogens is 290 g/mol. The van der Waals surface area contributed by atoms with Gasteiger partial charge < -0.3 is 14.5 Å². The van der Waals surface area contributed by atoms with Crippen molar-refractivity contribution in [1.29, 1.82) is 0 Å². The Morgan fingerprint density at radius 1 is 1.26 bits per heavy atom. The van der Waals surface area contributed by atoms with E-state index in [4.69, 9.17) is 9.15 Å². The van der Waals surface area contributed by atoms with E-state index < -0.39 is 0 Å². The highest BCUT2D eigenvalue weighted by molar-refractivity contribution is 5.99. The predicted molar refractivity (Wildman–Crippen MR) is 93.1 cm³/mol. The number of rotatable bonds is 7. The van der Waals surface area contributed by atoms with Gasteiger partial charge in [-0.25, -0.2) is 0 Å². The molecule has 1 amide bonds. The molecule has 1 N–H and O–H groups in total. The molecule has 1 aromatic heterocycles. The molecular formula is C19H27NO3. The number of carbonyl (C=O) groups is 1. The molecule has 126 valence electrons. The van der Waals surface area contributed by atoms with Crippen molar-refractivity contribution in [2.45, 2.75) is 53.5 Å². The monoisotopic (exact) mass is 317 g/mol. The Labute approximate surface area is 138 Å². The first kappa shape index (κ1) is 17.4. The number of amides is 1. The van der Waals surface area contributed by atoms with Crippen LogP contribution in [0.3, 0.4) is 0 Å². The molecule has 0 aliphatic rings. The van der Waals surface area contributed by atoms with Crippen molar-refractivity contribution >= 4 is 16.9 Å². The van der Waals surface area contributed by atoms with Crippen LogP contribution < -0.4 is 10.1 Å². The molecule has 0 radical (unpaired) electrons. The number of hydrogen-bond acceptors (Lipinski definition) is 3. The van der Waals surface area contributed by atoms with Gasteiger partial charge in [0.05, 0.1) is 6.61 Å². The summed E-state index contributed by atoms with van der Waals surface area (Å²) in [4.78, 5) is 12.5. The summed E-state index contributed by atoms with van der Waals surface area (Å²) in [6, 6.07) is 5.78. The van der Waals surface area contributed by atoms with Crippen LogP contribution in [0.5, 0.6) is 5.75 Å².